The monoisotopic (exact) mass is 238 g/mol. The number of unbranched alkanes of at least 4 members (excludes halogenated alkanes) is 1. The summed E-state index contributed by atoms with van der Waals surface area (Å²) in [6.07, 6.45) is 4.99. The maximum absolute atomic E-state index is 11.2. The first-order valence-electron chi connectivity index (χ1n) is 5.32. The molecule has 0 saturated heterocycles. The molecule has 1 heterocycles. The van der Waals surface area contributed by atoms with Crippen LogP contribution in [-0.2, 0) is 9.53 Å². The summed E-state index contributed by atoms with van der Waals surface area (Å²) in [4.78, 5) is 28.8. The molecule has 0 aliphatic heterocycles. The molecule has 17 heavy (non-hydrogen) atoms. The lowest BCUT2D eigenvalue weighted by molar-refractivity contribution is -0.146. The number of carbonyl (C=O) groups excluding carboxylic acids is 2. The quantitative estimate of drug-likeness (QED) is 0.401. The fraction of sp³-hybridized carbons (Fsp3) is 0.455. The summed E-state index contributed by atoms with van der Waals surface area (Å²) in [6, 6.07) is 0. The molecule has 6 nitrogen and oxygen atoms in total. The Balaban J connectivity index is 2.29. The second kappa shape index (κ2) is 7.32. The lowest BCUT2D eigenvalue weighted by Crippen LogP contribution is -2.15. The van der Waals surface area contributed by atoms with E-state index in [9.17, 15) is 9.59 Å². The van der Waals surface area contributed by atoms with Crippen LogP contribution >= 0.6 is 0 Å². The summed E-state index contributed by atoms with van der Waals surface area (Å²) in [6.45, 7) is 2.23. The van der Waals surface area contributed by atoms with Crippen molar-refractivity contribution in [3.05, 3.63) is 18.2 Å². The first-order valence-corrected chi connectivity index (χ1v) is 5.32. The number of esters is 1. The van der Waals surface area contributed by atoms with Gasteiger partial charge < -0.3 is 9.47 Å². The van der Waals surface area contributed by atoms with Crippen LogP contribution in [0.3, 0.4) is 0 Å². The molecule has 0 aliphatic rings. The Morgan fingerprint density at radius 3 is 2.71 bits per heavy atom. The van der Waals surface area contributed by atoms with Crippen molar-refractivity contribution in [1.29, 1.82) is 0 Å². The first kappa shape index (κ1) is 13.1. The minimum atomic E-state index is -0.432. The largest absolute Gasteiger partial charge is 0.479 e. The zero-order valence-electron chi connectivity index (χ0n) is 9.59. The highest BCUT2D eigenvalue weighted by Gasteiger charge is 2.04. The van der Waals surface area contributed by atoms with Crippen LogP contribution in [0.15, 0.2) is 12.4 Å². The van der Waals surface area contributed by atoms with E-state index >= 15 is 0 Å². The Hall–Kier alpha value is -1.98. The van der Waals surface area contributed by atoms with Crippen molar-refractivity contribution < 1.29 is 19.1 Å². The molecular formula is C11H14N2O4. The molecule has 92 valence electrons. The summed E-state index contributed by atoms with van der Waals surface area (Å²) < 4.78 is 9.97. The Morgan fingerprint density at radius 1 is 1.41 bits per heavy atom. The summed E-state index contributed by atoms with van der Waals surface area (Å²) in [5.74, 6) is -0.0381. The van der Waals surface area contributed by atoms with Gasteiger partial charge in [0, 0.05) is 0 Å². The molecule has 1 rings (SSSR count). The third-order valence-electron chi connectivity index (χ3n) is 1.87. The molecule has 0 aromatic carbocycles. The van der Waals surface area contributed by atoms with E-state index in [0.29, 0.717) is 18.6 Å². The lowest BCUT2D eigenvalue weighted by atomic mass is 10.4. The topological polar surface area (TPSA) is 78.4 Å². The van der Waals surface area contributed by atoms with Crippen molar-refractivity contribution in [2.24, 2.45) is 0 Å². The van der Waals surface area contributed by atoms with Gasteiger partial charge in [0.2, 0.25) is 0 Å². The third kappa shape index (κ3) is 5.05. The van der Waals surface area contributed by atoms with Crippen LogP contribution in [0.2, 0.25) is 0 Å². The molecule has 0 saturated carbocycles. The number of ether oxygens (including phenoxy) is 2. The maximum atomic E-state index is 11.2. The number of carbonyl (C=O) groups is 2. The predicted octanol–water partition coefficient (Wildman–Crippen LogP) is 1.01. The van der Waals surface area contributed by atoms with E-state index in [1.165, 1.54) is 12.4 Å². The number of nitrogens with zero attached hydrogens (tertiary/aromatic N) is 2. The fourth-order valence-electron chi connectivity index (χ4n) is 0.976. The zero-order chi connectivity index (χ0) is 12.5. The molecule has 0 atom stereocenters. The highest BCUT2D eigenvalue weighted by molar-refractivity contribution is 5.71. The van der Waals surface area contributed by atoms with Gasteiger partial charge in [-0.2, -0.15) is 0 Å². The van der Waals surface area contributed by atoms with Crippen LogP contribution < -0.4 is 4.74 Å². The van der Waals surface area contributed by atoms with Crippen molar-refractivity contribution in [1.82, 2.24) is 9.97 Å². The van der Waals surface area contributed by atoms with Gasteiger partial charge in [-0.25, -0.2) is 14.8 Å². The van der Waals surface area contributed by atoms with Crippen LogP contribution in [-0.4, -0.2) is 35.4 Å². The number of hydrogen-bond acceptors (Lipinski definition) is 6. The van der Waals surface area contributed by atoms with Gasteiger partial charge in [0.1, 0.15) is 0 Å². The summed E-state index contributed by atoms with van der Waals surface area (Å²) in [5.41, 5.74) is 0. The summed E-state index contributed by atoms with van der Waals surface area (Å²) >= 11 is 0. The van der Waals surface area contributed by atoms with Gasteiger partial charge in [-0.05, 0) is 6.42 Å². The molecule has 0 amide bonds. The number of aromatic nitrogens is 2. The number of hydrogen-bond donors (Lipinski definition) is 0. The van der Waals surface area contributed by atoms with Gasteiger partial charge >= 0.3 is 5.97 Å². The lowest BCUT2D eigenvalue weighted by Gasteiger charge is -2.05. The molecule has 0 radical (unpaired) electrons. The van der Waals surface area contributed by atoms with Crippen molar-refractivity contribution >= 4 is 12.3 Å². The van der Waals surface area contributed by atoms with Crippen LogP contribution in [0.25, 0.3) is 0 Å². The van der Waals surface area contributed by atoms with E-state index in [1.807, 2.05) is 6.92 Å². The van der Waals surface area contributed by atoms with Gasteiger partial charge in [0.15, 0.2) is 24.5 Å². The second-order valence-corrected chi connectivity index (χ2v) is 3.26. The fourth-order valence-corrected chi connectivity index (χ4v) is 0.976. The summed E-state index contributed by atoms with van der Waals surface area (Å²) in [5, 5.41) is 0. The minimum absolute atomic E-state index is 0.0721. The van der Waals surface area contributed by atoms with E-state index in [0.717, 1.165) is 12.8 Å². The molecule has 6 heteroatoms. The van der Waals surface area contributed by atoms with Crippen LogP contribution in [0.1, 0.15) is 30.4 Å². The molecule has 0 aliphatic carbocycles. The van der Waals surface area contributed by atoms with Gasteiger partial charge in [-0.3, -0.25) is 4.79 Å². The van der Waals surface area contributed by atoms with Crippen molar-refractivity contribution in [3.8, 4) is 5.75 Å². The Bertz CT molecular complexity index is 364. The highest BCUT2D eigenvalue weighted by atomic mass is 16.6. The number of aldehydes is 1. The SMILES string of the molecule is CCCCOC(=O)COc1cnc(C=O)nc1. The van der Waals surface area contributed by atoms with E-state index in [-0.39, 0.29) is 12.4 Å². The van der Waals surface area contributed by atoms with Crippen molar-refractivity contribution in [2.45, 2.75) is 19.8 Å². The van der Waals surface area contributed by atoms with E-state index in [1.54, 1.807) is 0 Å². The molecule has 0 N–H and O–H groups in total. The summed E-state index contributed by atoms with van der Waals surface area (Å²) in [7, 11) is 0. The smallest absolute Gasteiger partial charge is 0.344 e. The van der Waals surface area contributed by atoms with Crippen LogP contribution in [0.4, 0.5) is 0 Å². The molecule has 1 aromatic rings. The van der Waals surface area contributed by atoms with Crippen LogP contribution in [0.5, 0.6) is 5.75 Å². The standard InChI is InChI=1S/C11H14N2O4/c1-2-3-4-16-11(15)8-17-9-5-12-10(7-14)13-6-9/h5-7H,2-4,8H2,1H3. The maximum Gasteiger partial charge on any atom is 0.344 e. The van der Waals surface area contributed by atoms with E-state index in [4.69, 9.17) is 9.47 Å². The van der Waals surface area contributed by atoms with Gasteiger partial charge in [0.25, 0.3) is 0 Å². The van der Waals surface area contributed by atoms with Gasteiger partial charge in [-0.15, -0.1) is 0 Å². The molecule has 0 unspecified atom stereocenters. The highest BCUT2D eigenvalue weighted by Crippen LogP contribution is 2.05. The molecular weight excluding hydrogens is 224 g/mol. The van der Waals surface area contributed by atoms with E-state index in [2.05, 4.69) is 9.97 Å². The van der Waals surface area contributed by atoms with Crippen LogP contribution in [0, 0.1) is 0 Å². The van der Waals surface area contributed by atoms with Crippen molar-refractivity contribution in [3.63, 3.8) is 0 Å². The average Bonchev–Trinajstić information content (AvgIpc) is 2.37. The zero-order valence-corrected chi connectivity index (χ0v) is 9.59. The second-order valence-electron chi connectivity index (χ2n) is 3.26. The van der Waals surface area contributed by atoms with Gasteiger partial charge in [-0.1, -0.05) is 13.3 Å². The predicted molar refractivity (Wildman–Crippen MR) is 58.8 cm³/mol. The molecule has 0 fully saturated rings. The van der Waals surface area contributed by atoms with Crippen molar-refractivity contribution in [2.75, 3.05) is 13.2 Å². The average molecular weight is 238 g/mol. The normalized spacial score (nSPS) is 9.71. The Kier molecular flexibility index (Phi) is 5.63. The van der Waals surface area contributed by atoms with E-state index < -0.39 is 5.97 Å². The first-order chi connectivity index (χ1) is 8.26. The minimum Gasteiger partial charge on any atom is -0.479 e. The molecule has 0 spiro atoms. The molecule has 0 bridgehead atoms. The third-order valence-corrected chi connectivity index (χ3v) is 1.87. The Labute approximate surface area is 99.0 Å². The Morgan fingerprint density at radius 2 is 2.12 bits per heavy atom. The van der Waals surface area contributed by atoms with Gasteiger partial charge in [0.05, 0.1) is 19.0 Å². The molecule has 1 aromatic heterocycles. The number of rotatable bonds is 7.